The Labute approximate surface area is 128 Å². The number of nitrogens with zero attached hydrogens (tertiary/aromatic N) is 4. The lowest BCUT2D eigenvalue weighted by atomic mass is 10.1. The highest BCUT2D eigenvalue weighted by Crippen LogP contribution is 2.19. The quantitative estimate of drug-likeness (QED) is 0.873. The van der Waals surface area contributed by atoms with Crippen LogP contribution in [0.3, 0.4) is 0 Å². The Morgan fingerprint density at radius 3 is 2.71 bits per heavy atom. The lowest BCUT2D eigenvalue weighted by molar-refractivity contribution is -0.122. The number of anilines is 2. The maximum atomic E-state index is 11.2. The Balaban J connectivity index is 1.70. The first-order chi connectivity index (χ1) is 10.2. The predicted octanol–water partition coefficient (Wildman–Crippen LogP) is 1.21. The Hall–Kier alpha value is -1.63. The zero-order valence-electron chi connectivity index (χ0n) is 11.8. The second kappa shape index (κ2) is 6.43. The van der Waals surface area contributed by atoms with Crippen molar-refractivity contribution in [3.63, 3.8) is 0 Å². The van der Waals surface area contributed by atoms with E-state index >= 15 is 0 Å². The van der Waals surface area contributed by atoms with Crippen LogP contribution < -0.4 is 15.5 Å². The van der Waals surface area contributed by atoms with Gasteiger partial charge in [0.15, 0.2) is 0 Å². The molecule has 2 fully saturated rings. The van der Waals surface area contributed by atoms with Gasteiger partial charge in [0.2, 0.25) is 23.1 Å². The topological polar surface area (TPSA) is 83.0 Å². The summed E-state index contributed by atoms with van der Waals surface area (Å²) in [5.41, 5.74) is 0. The van der Waals surface area contributed by atoms with E-state index in [0.717, 1.165) is 32.4 Å². The van der Waals surface area contributed by atoms with Gasteiger partial charge >= 0.3 is 0 Å². The highest BCUT2D eigenvalue weighted by Gasteiger charge is 2.20. The van der Waals surface area contributed by atoms with E-state index in [0.29, 0.717) is 24.9 Å². The highest BCUT2D eigenvalue weighted by atomic mass is 35.5. The van der Waals surface area contributed by atoms with Crippen LogP contribution in [0.25, 0.3) is 0 Å². The van der Waals surface area contributed by atoms with Crippen LogP contribution in [0.4, 0.5) is 11.9 Å². The normalized spacial score (nSPS) is 22.8. The van der Waals surface area contributed by atoms with Gasteiger partial charge in [-0.15, -0.1) is 0 Å². The van der Waals surface area contributed by atoms with Crippen molar-refractivity contribution in [2.45, 2.75) is 38.1 Å². The summed E-state index contributed by atoms with van der Waals surface area (Å²) in [5, 5.41) is 6.26. The van der Waals surface area contributed by atoms with Gasteiger partial charge in [0.25, 0.3) is 0 Å². The van der Waals surface area contributed by atoms with Crippen molar-refractivity contribution in [1.29, 1.82) is 0 Å². The molecule has 2 saturated heterocycles. The molecule has 0 aromatic carbocycles. The predicted molar refractivity (Wildman–Crippen MR) is 80.6 cm³/mol. The molecule has 2 N–H and O–H groups in total. The fourth-order valence-electron chi connectivity index (χ4n) is 2.68. The summed E-state index contributed by atoms with van der Waals surface area (Å²) in [5.74, 6) is 1.21. The number of hydrogen-bond donors (Lipinski definition) is 2. The van der Waals surface area contributed by atoms with Crippen LogP contribution in [0.1, 0.15) is 32.1 Å². The molecular formula is C13H19ClN6O. The molecule has 0 radical (unpaired) electrons. The minimum atomic E-state index is 0.0933. The summed E-state index contributed by atoms with van der Waals surface area (Å²) in [6.07, 6.45) is 4.85. The molecule has 114 valence electrons. The largest absolute Gasteiger partial charge is 0.354 e. The molecule has 7 nitrogen and oxygen atoms in total. The zero-order chi connectivity index (χ0) is 14.7. The molecule has 0 spiro atoms. The maximum Gasteiger partial charge on any atom is 0.231 e. The van der Waals surface area contributed by atoms with Crippen molar-refractivity contribution in [2.75, 3.05) is 29.9 Å². The van der Waals surface area contributed by atoms with Gasteiger partial charge in [-0.2, -0.15) is 15.0 Å². The molecule has 1 aromatic heterocycles. The number of rotatable bonds is 3. The molecule has 21 heavy (non-hydrogen) atoms. The Bertz CT molecular complexity index is 509. The third kappa shape index (κ3) is 3.72. The average molecular weight is 311 g/mol. The van der Waals surface area contributed by atoms with Gasteiger partial charge in [0.05, 0.1) is 0 Å². The monoisotopic (exact) mass is 310 g/mol. The van der Waals surface area contributed by atoms with Gasteiger partial charge in [0, 0.05) is 32.1 Å². The number of nitrogens with one attached hydrogen (secondary N) is 2. The van der Waals surface area contributed by atoms with E-state index in [4.69, 9.17) is 11.6 Å². The molecule has 8 heteroatoms. The number of halogens is 1. The van der Waals surface area contributed by atoms with Gasteiger partial charge in [-0.1, -0.05) is 0 Å². The summed E-state index contributed by atoms with van der Waals surface area (Å²) in [7, 11) is 0. The number of hydrogen-bond acceptors (Lipinski definition) is 6. The van der Waals surface area contributed by atoms with Crippen LogP contribution in [0.2, 0.25) is 5.28 Å². The SMILES string of the molecule is O=C1CCC(Nc2nc(Cl)nc(N3CCCCC3)n2)CN1. The van der Waals surface area contributed by atoms with Crippen molar-refractivity contribution < 1.29 is 4.79 Å². The summed E-state index contributed by atoms with van der Waals surface area (Å²) in [4.78, 5) is 26.1. The van der Waals surface area contributed by atoms with Crippen LogP contribution in [0, 0.1) is 0 Å². The minimum Gasteiger partial charge on any atom is -0.354 e. The third-order valence-electron chi connectivity index (χ3n) is 3.83. The zero-order valence-corrected chi connectivity index (χ0v) is 12.6. The van der Waals surface area contributed by atoms with E-state index in [9.17, 15) is 4.79 Å². The number of aromatic nitrogens is 3. The van der Waals surface area contributed by atoms with E-state index < -0.39 is 0 Å². The molecule has 3 rings (SSSR count). The fraction of sp³-hybridized carbons (Fsp3) is 0.692. The molecule has 1 atom stereocenters. The maximum absolute atomic E-state index is 11.2. The summed E-state index contributed by atoms with van der Waals surface area (Å²) in [6, 6.07) is 0.135. The fourth-order valence-corrected chi connectivity index (χ4v) is 2.83. The van der Waals surface area contributed by atoms with Crippen LogP contribution in [0.15, 0.2) is 0 Å². The average Bonchev–Trinajstić information content (AvgIpc) is 2.50. The van der Waals surface area contributed by atoms with Crippen molar-refractivity contribution >= 4 is 29.4 Å². The van der Waals surface area contributed by atoms with E-state index in [-0.39, 0.29) is 17.2 Å². The van der Waals surface area contributed by atoms with Crippen molar-refractivity contribution in [3.05, 3.63) is 5.28 Å². The van der Waals surface area contributed by atoms with E-state index in [1.54, 1.807) is 0 Å². The van der Waals surface area contributed by atoms with Gasteiger partial charge in [-0.05, 0) is 37.3 Å². The first-order valence-corrected chi connectivity index (χ1v) is 7.78. The van der Waals surface area contributed by atoms with Crippen molar-refractivity contribution in [3.8, 4) is 0 Å². The molecule has 2 aliphatic rings. The van der Waals surface area contributed by atoms with E-state index in [2.05, 4.69) is 30.5 Å². The number of carbonyl (C=O) groups is 1. The van der Waals surface area contributed by atoms with Gasteiger partial charge in [0.1, 0.15) is 0 Å². The minimum absolute atomic E-state index is 0.0933. The molecule has 0 saturated carbocycles. The summed E-state index contributed by atoms with van der Waals surface area (Å²) >= 11 is 6.01. The Morgan fingerprint density at radius 1 is 1.19 bits per heavy atom. The van der Waals surface area contributed by atoms with Crippen LogP contribution >= 0.6 is 11.6 Å². The second-order valence-corrected chi connectivity index (χ2v) is 5.80. The molecule has 1 amide bonds. The molecule has 0 bridgehead atoms. The summed E-state index contributed by atoms with van der Waals surface area (Å²) in [6.45, 7) is 2.50. The standard InChI is InChI=1S/C13H19ClN6O/c14-11-17-12(16-9-4-5-10(21)15-8-9)19-13(18-11)20-6-2-1-3-7-20/h9H,1-8H2,(H,15,21)(H,16,17,18,19). The highest BCUT2D eigenvalue weighted by molar-refractivity contribution is 6.28. The van der Waals surface area contributed by atoms with E-state index in [1.165, 1.54) is 6.42 Å². The lowest BCUT2D eigenvalue weighted by Gasteiger charge is -2.27. The molecule has 2 aliphatic heterocycles. The Kier molecular flexibility index (Phi) is 4.38. The Morgan fingerprint density at radius 2 is 2.00 bits per heavy atom. The van der Waals surface area contributed by atoms with Gasteiger partial charge in [-0.3, -0.25) is 4.79 Å². The first-order valence-electron chi connectivity index (χ1n) is 7.40. The smallest absolute Gasteiger partial charge is 0.231 e. The van der Waals surface area contributed by atoms with E-state index in [1.807, 2.05) is 0 Å². The number of amides is 1. The molecular weight excluding hydrogens is 292 g/mol. The van der Waals surface area contributed by atoms with Crippen molar-refractivity contribution in [1.82, 2.24) is 20.3 Å². The molecule has 0 aliphatic carbocycles. The molecule has 3 heterocycles. The number of carbonyl (C=O) groups excluding carboxylic acids is 1. The first kappa shape index (κ1) is 14.3. The van der Waals surface area contributed by atoms with Crippen LogP contribution in [-0.2, 0) is 4.79 Å². The van der Waals surface area contributed by atoms with Gasteiger partial charge in [-0.25, -0.2) is 0 Å². The van der Waals surface area contributed by atoms with Crippen LogP contribution in [0.5, 0.6) is 0 Å². The summed E-state index contributed by atoms with van der Waals surface area (Å²) < 4.78 is 0. The second-order valence-electron chi connectivity index (χ2n) is 5.46. The third-order valence-corrected chi connectivity index (χ3v) is 4.00. The van der Waals surface area contributed by atoms with Crippen molar-refractivity contribution in [2.24, 2.45) is 0 Å². The molecule has 1 unspecified atom stereocenters. The lowest BCUT2D eigenvalue weighted by Crippen LogP contribution is -2.42. The van der Waals surface area contributed by atoms with Gasteiger partial charge < -0.3 is 15.5 Å². The molecule has 1 aromatic rings. The number of piperidine rings is 2. The van der Waals surface area contributed by atoms with Crippen LogP contribution in [-0.4, -0.2) is 46.5 Å².